The smallest absolute Gasteiger partial charge is 0.220 e. The van der Waals surface area contributed by atoms with Crippen molar-refractivity contribution in [1.82, 2.24) is 5.32 Å². The first-order valence-electron chi connectivity index (χ1n) is 9.06. The fourth-order valence-corrected chi connectivity index (χ4v) is 2.65. The van der Waals surface area contributed by atoms with Crippen molar-refractivity contribution in [3.8, 4) is 5.75 Å². The van der Waals surface area contributed by atoms with Crippen molar-refractivity contribution in [2.45, 2.75) is 26.0 Å². The van der Waals surface area contributed by atoms with Crippen LogP contribution in [0.1, 0.15) is 23.1 Å². The van der Waals surface area contributed by atoms with Gasteiger partial charge in [-0.1, -0.05) is 36.4 Å². The molecule has 0 aliphatic carbocycles. The van der Waals surface area contributed by atoms with E-state index in [1.165, 1.54) is 24.3 Å². The minimum Gasteiger partial charge on any atom is -0.489 e. The fourth-order valence-electron chi connectivity index (χ4n) is 2.65. The Morgan fingerprint density at radius 2 is 1.29 bits per heavy atom. The van der Waals surface area contributed by atoms with Gasteiger partial charge in [0.15, 0.2) is 0 Å². The maximum atomic E-state index is 12.9. The third-order valence-electron chi connectivity index (χ3n) is 4.29. The highest BCUT2D eigenvalue weighted by Gasteiger charge is 2.04. The van der Waals surface area contributed by atoms with Crippen LogP contribution in [0, 0.1) is 11.6 Å². The molecular formula is C23H21F2NO2. The molecule has 0 aliphatic rings. The molecule has 1 N–H and O–H groups in total. The van der Waals surface area contributed by atoms with E-state index in [1.807, 2.05) is 24.3 Å². The minimum atomic E-state index is -0.279. The number of carbonyl (C=O) groups is 1. The quantitative estimate of drug-likeness (QED) is 0.609. The molecular weight excluding hydrogens is 360 g/mol. The molecule has 0 heterocycles. The molecule has 28 heavy (non-hydrogen) atoms. The minimum absolute atomic E-state index is 0.0547. The number of amides is 1. The number of hydrogen-bond acceptors (Lipinski definition) is 2. The molecule has 3 rings (SSSR count). The van der Waals surface area contributed by atoms with E-state index < -0.39 is 0 Å². The lowest BCUT2D eigenvalue weighted by Crippen LogP contribution is -2.22. The number of halogens is 2. The molecule has 0 bridgehead atoms. The van der Waals surface area contributed by atoms with Crippen molar-refractivity contribution in [1.29, 1.82) is 0 Å². The van der Waals surface area contributed by atoms with Gasteiger partial charge in [0.1, 0.15) is 24.0 Å². The Balaban J connectivity index is 1.40. The summed E-state index contributed by atoms with van der Waals surface area (Å²) in [5.74, 6) is 0.0998. The van der Waals surface area contributed by atoms with Crippen LogP contribution >= 0.6 is 0 Å². The average Bonchev–Trinajstić information content (AvgIpc) is 2.72. The van der Waals surface area contributed by atoms with E-state index in [0.29, 0.717) is 31.7 Å². The van der Waals surface area contributed by atoms with Gasteiger partial charge in [-0.3, -0.25) is 4.79 Å². The first-order valence-corrected chi connectivity index (χ1v) is 9.06. The molecule has 0 saturated carbocycles. The number of nitrogens with one attached hydrogen (secondary N) is 1. The number of rotatable bonds is 8. The van der Waals surface area contributed by atoms with Crippen LogP contribution < -0.4 is 10.1 Å². The zero-order valence-corrected chi connectivity index (χ0v) is 15.3. The molecule has 144 valence electrons. The summed E-state index contributed by atoms with van der Waals surface area (Å²) in [5.41, 5.74) is 2.78. The summed E-state index contributed by atoms with van der Waals surface area (Å²) >= 11 is 0. The zero-order chi connectivity index (χ0) is 19.8. The zero-order valence-electron chi connectivity index (χ0n) is 15.3. The van der Waals surface area contributed by atoms with Crippen LogP contribution in [-0.2, 0) is 24.4 Å². The summed E-state index contributed by atoms with van der Waals surface area (Å²) in [5, 5.41) is 2.87. The Hall–Kier alpha value is -3.21. The van der Waals surface area contributed by atoms with Gasteiger partial charge in [-0.15, -0.1) is 0 Å². The molecule has 5 heteroatoms. The van der Waals surface area contributed by atoms with Gasteiger partial charge >= 0.3 is 0 Å². The summed E-state index contributed by atoms with van der Waals surface area (Å²) in [6.45, 7) is 0.792. The van der Waals surface area contributed by atoms with E-state index in [9.17, 15) is 13.6 Å². The summed E-state index contributed by atoms with van der Waals surface area (Å²) in [6, 6.07) is 19.8. The van der Waals surface area contributed by atoms with Crippen molar-refractivity contribution in [2.75, 3.05) is 0 Å². The summed E-state index contributed by atoms with van der Waals surface area (Å²) in [6.07, 6.45) is 0.923. The maximum Gasteiger partial charge on any atom is 0.220 e. The van der Waals surface area contributed by atoms with Gasteiger partial charge in [-0.05, 0) is 59.5 Å². The van der Waals surface area contributed by atoms with Gasteiger partial charge in [-0.25, -0.2) is 8.78 Å². The van der Waals surface area contributed by atoms with Gasteiger partial charge in [-0.2, -0.15) is 0 Å². The van der Waals surface area contributed by atoms with Crippen LogP contribution in [0.25, 0.3) is 0 Å². The van der Waals surface area contributed by atoms with Crippen LogP contribution in [-0.4, -0.2) is 5.91 Å². The molecule has 0 radical (unpaired) electrons. The number of ether oxygens (including phenoxy) is 1. The molecule has 0 fully saturated rings. The van der Waals surface area contributed by atoms with Gasteiger partial charge in [0.2, 0.25) is 5.91 Å². The Morgan fingerprint density at radius 3 is 1.89 bits per heavy atom. The summed E-state index contributed by atoms with van der Waals surface area (Å²) in [4.78, 5) is 12.0. The van der Waals surface area contributed by atoms with E-state index in [0.717, 1.165) is 16.7 Å². The lowest BCUT2D eigenvalue weighted by atomic mass is 10.1. The van der Waals surface area contributed by atoms with Crippen molar-refractivity contribution in [3.05, 3.63) is 101 Å². The van der Waals surface area contributed by atoms with E-state index in [4.69, 9.17) is 4.74 Å². The first kappa shape index (κ1) is 19.5. The first-order chi connectivity index (χ1) is 13.6. The van der Waals surface area contributed by atoms with Crippen LogP contribution in [0.4, 0.5) is 8.78 Å². The molecule has 0 aromatic heterocycles. The van der Waals surface area contributed by atoms with Crippen LogP contribution in [0.5, 0.6) is 5.75 Å². The molecule has 1 amide bonds. The number of hydrogen-bond donors (Lipinski definition) is 1. The van der Waals surface area contributed by atoms with E-state index in [2.05, 4.69) is 5.32 Å². The molecule has 0 spiro atoms. The predicted octanol–water partition coefficient (Wildman–Crippen LogP) is 4.79. The number of aryl methyl sites for hydroxylation is 1. The molecule has 3 aromatic rings. The SMILES string of the molecule is O=C(CCc1ccc(F)cc1)NCc1ccc(OCc2ccc(F)cc2)cc1. The van der Waals surface area contributed by atoms with Gasteiger partial charge < -0.3 is 10.1 Å². The molecule has 0 saturated heterocycles. The molecule has 0 atom stereocenters. The van der Waals surface area contributed by atoms with Crippen molar-refractivity contribution in [3.63, 3.8) is 0 Å². The molecule has 0 aliphatic heterocycles. The second kappa shape index (κ2) is 9.65. The van der Waals surface area contributed by atoms with Crippen molar-refractivity contribution >= 4 is 5.91 Å². The van der Waals surface area contributed by atoms with Gasteiger partial charge in [0.05, 0.1) is 0 Å². The van der Waals surface area contributed by atoms with Gasteiger partial charge in [0, 0.05) is 13.0 Å². The van der Waals surface area contributed by atoms with Crippen molar-refractivity contribution in [2.24, 2.45) is 0 Å². The van der Waals surface area contributed by atoms with Crippen LogP contribution in [0.2, 0.25) is 0 Å². The van der Waals surface area contributed by atoms with Crippen LogP contribution in [0.15, 0.2) is 72.8 Å². The highest BCUT2D eigenvalue weighted by atomic mass is 19.1. The summed E-state index contributed by atoms with van der Waals surface area (Å²) < 4.78 is 31.4. The topological polar surface area (TPSA) is 38.3 Å². The fraction of sp³-hybridized carbons (Fsp3) is 0.174. The standard InChI is InChI=1S/C23H21F2NO2/c24-20-8-1-17(2-9-20)7-14-23(27)26-15-18-5-12-22(13-6-18)28-16-19-3-10-21(25)11-4-19/h1-6,8-13H,7,14-16H2,(H,26,27). The normalized spacial score (nSPS) is 10.5. The number of benzene rings is 3. The van der Waals surface area contributed by atoms with Gasteiger partial charge in [0.25, 0.3) is 0 Å². The molecule has 3 nitrogen and oxygen atoms in total. The summed E-state index contributed by atoms with van der Waals surface area (Å²) in [7, 11) is 0. The molecule has 3 aromatic carbocycles. The Morgan fingerprint density at radius 1 is 0.750 bits per heavy atom. The largest absolute Gasteiger partial charge is 0.489 e. The monoisotopic (exact) mass is 381 g/mol. The third kappa shape index (κ3) is 6.20. The predicted molar refractivity (Wildman–Crippen MR) is 104 cm³/mol. The average molecular weight is 381 g/mol. The Kier molecular flexibility index (Phi) is 6.73. The second-order valence-corrected chi connectivity index (χ2v) is 6.46. The van der Waals surface area contributed by atoms with Crippen molar-refractivity contribution < 1.29 is 18.3 Å². The van der Waals surface area contributed by atoms with E-state index >= 15 is 0 Å². The number of carbonyl (C=O) groups excluding carboxylic acids is 1. The highest BCUT2D eigenvalue weighted by Crippen LogP contribution is 2.15. The second-order valence-electron chi connectivity index (χ2n) is 6.46. The Bertz CT molecular complexity index is 891. The lowest BCUT2D eigenvalue weighted by Gasteiger charge is -2.09. The Labute approximate surface area is 163 Å². The van der Waals surface area contributed by atoms with Crippen LogP contribution in [0.3, 0.4) is 0 Å². The molecule has 0 unspecified atom stereocenters. The highest BCUT2D eigenvalue weighted by molar-refractivity contribution is 5.76. The third-order valence-corrected chi connectivity index (χ3v) is 4.29. The lowest BCUT2D eigenvalue weighted by molar-refractivity contribution is -0.121. The van der Waals surface area contributed by atoms with E-state index in [-0.39, 0.29) is 17.5 Å². The van der Waals surface area contributed by atoms with E-state index in [1.54, 1.807) is 24.3 Å². The maximum absolute atomic E-state index is 12.9.